The topological polar surface area (TPSA) is 118 Å². The molecule has 34 heavy (non-hydrogen) atoms. The van der Waals surface area contributed by atoms with Crippen LogP contribution in [0.3, 0.4) is 0 Å². The van der Waals surface area contributed by atoms with E-state index in [2.05, 4.69) is 22.8 Å². The second-order valence-corrected chi connectivity index (χ2v) is 8.63. The molecule has 3 aromatic rings. The molecule has 0 unspecified atom stereocenters. The van der Waals surface area contributed by atoms with Gasteiger partial charge in [-0.05, 0) is 41.5 Å². The average molecular weight is 460 g/mol. The minimum Gasteiger partial charge on any atom is -0.481 e. The van der Waals surface area contributed by atoms with E-state index < -0.39 is 23.9 Å². The fourth-order valence-corrected chi connectivity index (χ4v) is 4.92. The lowest BCUT2D eigenvalue weighted by atomic mass is 9.98. The predicted molar refractivity (Wildman–Crippen MR) is 124 cm³/mol. The number of amides is 2. The molecule has 8 nitrogen and oxygen atoms in total. The molecule has 2 aliphatic carbocycles. The van der Waals surface area contributed by atoms with Crippen LogP contribution < -0.4 is 10.6 Å². The zero-order valence-electron chi connectivity index (χ0n) is 18.3. The molecule has 5 rings (SSSR count). The van der Waals surface area contributed by atoms with Crippen LogP contribution in [0.2, 0.25) is 0 Å². The number of fused-ring (bicyclic) bond motifs is 3. The largest absolute Gasteiger partial charge is 0.481 e. The van der Waals surface area contributed by atoms with Gasteiger partial charge in [0.1, 0.15) is 6.61 Å². The predicted octanol–water partition coefficient (Wildman–Crippen LogP) is 4.62. The third kappa shape index (κ3) is 4.14. The Morgan fingerprint density at radius 3 is 2.29 bits per heavy atom. The Kier molecular flexibility index (Phi) is 5.79. The van der Waals surface area contributed by atoms with Crippen molar-refractivity contribution < 1.29 is 28.6 Å². The first-order chi connectivity index (χ1) is 16.5. The highest BCUT2D eigenvalue weighted by molar-refractivity contribution is 6.00. The summed E-state index contributed by atoms with van der Waals surface area (Å²) in [4.78, 5) is 36.3. The maximum Gasteiger partial charge on any atom is 0.411 e. The molecule has 1 fully saturated rings. The third-order valence-electron chi connectivity index (χ3n) is 6.57. The van der Waals surface area contributed by atoms with Crippen LogP contribution in [-0.4, -0.2) is 35.7 Å². The van der Waals surface area contributed by atoms with Gasteiger partial charge in [0.05, 0.1) is 17.9 Å². The number of rotatable bonds is 6. The van der Waals surface area contributed by atoms with Crippen molar-refractivity contribution >= 4 is 23.7 Å². The molecule has 0 spiro atoms. The number of carbonyl (C=O) groups excluding carboxylic acids is 2. The molecule has 174 valence electrons. The van der Waals surface area contributed by atoms with Gasteiger partial charge in [-0.25, -0.2) is 4.79 Å². The maximum absolute atomic E-state index is 12.6. The van der Waals surface area contributed by atoms with Crippen molar-refractivity contribution in [3.05, 3.63) is 77.7 Å². The number of carboxylic acids is 1. The molecule has 3 N–H and O–H groups in total. The fourth-order valence-electron chi connectivity index (χ4n) is 4.92. The minimum atomic E-state index is -0.854. The van der Waals surface area contributed by atoms with Gasteiger partial charge in [-0.3, -0.25) is 14.9 Å². The second-order valence-electron chi connectivity index (χ2n) is 8.63. The normalized spacial score (nSPS) is 18.7. The molecule has 0 radical (unpaired) electrons. The van der Waals surface area contributed by atoms with Gasteiger partial charge in [-0.15, -0.1) is 0 Å². The number of furan rings is 1. The number of anilines is 1. The molecule has 0 saturated heterocycles. The Balaban J connectivity index is 1.21. The molecule has 2 aromatic carbocycles. The molecule has 1 heterocycles. The zero-order valence-corrected chi connectivity index (χ0v) is 18.3. The summed E-state index contributed by atoms with van der Waals surface area (Å²) in [7, 11) is 0. The lowest BCUT2D eigenvalue weighted by molar-refractivity contribution is -0.141. The van der Waals surface area contributed by atoms with Crippen molar-refractivity contribution in [3.8, 4) is 11.1 Å². The quantitative estimate of drug-likeness (QED) is 0.494. The van der Waals surface area contributed by atoms with Gasteiger partial charge in [-0.1, -0.05) is 48.5 Å². The van der Waals surface area contributed by atoms with Crippen molar-refractivity contribution in [2.75, 3.05) is 11.9 Å². The highest BCUT2D eigenvalue weighted by Crippen LogP contribution is 2.44. The highest BCUT2D eigenvalue weighted by Gasteiger charge is 2.32. The fraction of sp³-hybridized carbons (Fsp3) is 0.269. The number of carbonyl (C=O) groups is 3. The molecule has 2 aliphatic rings. The lowest BCUT2D eigenvalue weighted by Crippen LogP contribution is -2.33. The van der Waals surface area contributed by atoms with Crippen LogP contribution in [0.5, 0.6) is 0 Å². The third-order valence-corrected chi connectivity index (χ3v) is 6.57. The summed E-state index contributed by atoms with van der Waals surface area (Å²) in [6.45, 7) is 0.151. The van der Waals surface area contributed by atoms with E-state index >= 15 is 0 Å². The molecular formula is C26H24N2O6. The average Bonchev–Trinajstić information content (AvgIpc) is 3.56. The number of nitrogens with one attached hydrogen (secondary N) is 2. The van der Waals surface area contributed by atoms with Crippen molar-refractivity contribution in [3.63, 3.8) is 0 Å². The first kappa shape index (κ1) is 21.8. The van der Waals surface area contributed by atoms with Crippen LogP contribution in [0.25, 0.3) is 11.1 Å². The summed E-state index contributed by atoms with van der Waals surface area (Å²) >= 11 is 0. The van der Waals surface area contributed by atoms with E-state index in [4.69, 9.17) is 14.3 Å². The molecule has 0 bridgehead atoms. The lowest BCUT2D eigenvalue weighted by Gasteiger charge is -2.15. The first-order valence-corrected chi connectivity index (χ1v) is 11.2. The van der Waals surface area contributed by atoms with Crippen LogP contribution in [-0.2, 0) is 9.53 Å². The number of aliphatic carboxylic acids is 1. The molecular weight excluding hydrogens is 436 g/mol. The Bertz CT molecular complexity index is 1200. The van der Waals surface area contributed by atoms with Gasteiger partial charge in [-0.2, -0.15) is 0 Å². The number of hydrogen-bond donors (Lipinski definition) is 3. The summed E-state index contributed by atoms with van der Waals surface area (Å²) < 4.78 is 10.8. The number of benzene rings is 2. The Morgan fingerprint density at radius 1 is 0.971 bits per heavy atom. The minimum absolute atomic E-state index is 0.0488. The molecule has 2 atom stereocenters. The standard InChI is InChI=1S/C26H24N2O6/c29-24(27-16-10-9-15(13-16)25(30)31)23-22(11-12-33-23)28-26(32)34-14-21-19-7-3-1-5-17(19)18-6-2-4-8-20(18)21/h1-8,11-12,15-16,21H,9-10,13-14H2,(H,27,29)(H,28,32)(H,30,31)/t15-,16+/m0/s1. The maximum atomic E-state index is 12.6. The van der Waals surface area contributed by atoms with E-state index in [0.717, 1.165) is 22.3 Å². The van der Waals surface area contributed by atoms with Gasteiger partial charge in [0.2, 0.25) is 5.76 Å². The van der Waals surface area contributed by atoms with Crippen LogP contribution in [0.15, 0.2) is 65.3 Å². The molecule has 0 aliphatic heterocycles. The van der Waals surface area contributed by atoms with Crippen LogP contribution in [0.1, 0.15) is 46.9 Å². The number of ether oxygens (including phenoxy) is 1. The second kappa shape index (κ2) is 9.05. The van der Waals surface area contributed by atoms with E-state index in [1.807, 2.05) is 36.4 Å². The zero-order chi connectivity index (χ0) is 23.7. The number of hydrogen-bond acceptors (Lipinski definition) is 5. The van der Waals surface area contributed by atoms with E-state index in [1.165, 1.54) is 12.3 Å². The van der Waals surface area contributed by atoms with E-state index in [-0.39, 0.29) is 30.0 Å². The SMILES string of the molecule is O=C(Nc1ccoc1C(=O)N[C@@H]1CC[C@H](C(=O)O)C1)OCC1c2ccccc2-c2ccccc21. The van der Waals surface area contributed by atoms with Crippen LogP contribution >= 0.6 is 0 Å². The smallest absolute Gasteiger partial charge is 0.411 e. The van der Waals surface area contributed by atoms with Gasteiger partial charge >= 0.3 is 12.1 Å². The number of carboxylic acid groups (broad SMARTS) is 1. The van der Waals surface area contributed by atoms with E-state index in [9.17, 15) is 14.4 Å². The molecule has 1 aromatic heterocycles. The summed E-state index contributed by atoms with van der Waals surface area (Å²) in [6, 6.07) is 17.4. The van der Waals surface area contributed by atoms with Crippen molar-refractivity contribution in [1.29, 1.82) is 0 Å². The monoisotopic (exact) mass is 460 g/mol. The van der Waals surface area contributed by atoms with Crippen LogP contribution in [0, 0.1) is 5.92 Å². The molecule has 1 saturated carbocycles. The molecule has 8 heteroatoms. The summed E-state index contributed by atoms with van der Waals surface area (Å²) in [6.07, 6.45) is 2.09. The van der Waals surface area contributed by atoms with Crippen LogP contribution in [0.4, 0.5) is 10.5 Å². The van der Waals surface area contributed by atoms with Gasteiger partial charge in [0, 0.05) is 18.0 Å². The Labute approximate surface area is 195 Å². The molecule has 2 amide bonds. The van der Waals surface area contributed by atoms with Crippen molar-refractivity contribution in [1.82, 2.24) is 5.32 Å². The van der Waals surface area contributed by atoms with E-state index in [1.54, 1.807) is 0 Å². The van der Waals surface area contributed by atoms with Gasteiger partial charge < -0.3 is 19.6 Å². The van der Waals surface area contributed by atoms with E-state index in [0.29, 0.717) is 19.3 Å². The summed E-state index contributed by atoms with van der Waals surface area (Å²) in [5, 5.41) is 14.5. The summed E-state index contributed by atoms with van der Waals surface area (Å²) in [5.41, 5.74) is 4.69. The highest BCUT2D eigenvalue weighted by atomic mass is 16.5. The van der Waals surface area contributed by atoms with Crippen molar-refractivity contribution in [2.45, 2.75) is 31.2 Å². The Morgan fingerprint density at radius 2 is 1.65 bits per heavy atom. The van der Waals surface area contributed by atoms with Gasteiger partial charge in [0.25, 0.3) is 5.91 Å². The van der Waals surface area contributed by atoms with Gasteiger partial charge in [0.15, 0.2) is 0 Å². The van der Waals surface area contributed by atoms with Crippen molar-refractivity contribution in [2.24, 2.45) is 5.92 Å². The Hall–Kier alpha value is -4.07. The summed E-state index contributed by atoms with van der Waals surface area (Å²) in [5.74, 6) is -1.94. The first-order valence-electron chi connectivity index (χ1n) is 11.2.